The van der Waals surface area contributed by atoms with Gasteiger partial charge in [0, 0.05) is 12.1 Å². The second-order valence-electron chi connectivity index (χ2n) is 3.90. The van der Waals surface area contributed by atoms with Crippen molar-refractivity contribution in [3.63, 3.8) is 0 Å². The fourth-order valence-electron chi connectivity index (χ4n) is 2.50. The number of piperidine rings is 1. The lowest BCUT2D eigenvalue weighted by atomic mass is 9.89. The highest BCUT2D eigenvalue weighted by Crippen LogP contribution is 2.34. The summed E-state index contributed by atoms with van der Waals surface area (Å²) in [7, 11) is 0. The topological polar surface area (TPSA) is 12.0 Å². The molecule has 2 heterocycles. The number of nitrogens with one attached hydrogen (secondary N) is 1. The first-order valence-electron chi connectivity index (χ1n) is 4.71. The Morgan fingerprint density at radius 2 is 2.27 bits per heavy atom. The molecule has 0 aromatic heterocycles. The van der Waals surface area contributed by atoms with E-state index in [2.05, 4.69) is 12.2 Å². The summed E-state index contributed by atoms with van der Waals surface area (Å²) in [5, 5.41) is 3.33. The van der Waals surface area contributed by atoms with Crippen molar-refractivity contribution in [1.29, 1.82) is 0 Å². The van der Waals surface area contributed by atoms with Gasteiger partial charge < -0.3 is 5.32 Å². The highest BCUT2D eigenvalue weighted by molar-refractivity contribution is 4.97. The average Bonchev–Trinajstić information content (AvgIpc) is 2.42. The molecule has 2 saturated heterocycles. The molecule has 2 aliphatic rings. The second kappa shape index (κ2) is 2.74. The van der Waals surface area contributed by atoms with E-state index in [1.807, 2.05) is 0 Å². The SMILES string of the molecule is CC[C@H]1C[C@@H]2CC[C@@H](N2)C1F. The van der Waals surface area contributed by atoms with E-state index in [0.717, 1.165) is 19.3 Å². The quantitative estimate of drug-likeness (QED) is 0.612. The van der Waals surface area contributed by atoms with Gasteiger partial charge in [-0.05, 0) is 25.2 Å². The van der Waals surface area contributed by atoms with Crippen LogP contribution in [0.15, 0.2) is 0 Å². The van der Waals surface area contributed by atoms with Crippen LogP contribution in [-0.4, -0.2) is 18.3 Å². The van der Waals surface area contributed by atoms with Crippen molar-refractivity contribution in [1.82, 2.24) is 5.32 Å². The molecule has 0 spiro atoms. The Balaban J connectivity index is 2.05. The number of hydrogen-bond donors (Lipinski definition) is 1. The van der Waals surface area contributed by atoms with Gasteiger partial charge in [0.1, 0.15) is 6.17 Å². The third-order valence-corrected chi connectivity index (χ3v) is 3.22. The predicted octanol–water partition coefficient (Wildman–Crippen LogP) is 1.88. The highest BCUT2D eigenvalue weighted by Gasteiger charge is 2.40. The smallest absolute Gasteiger partial charge is 0.118 e. The monoisotopic (exact) mass is 157 g/mol. The van der Waals surface area contributed by atoms with Crippen molar-refractivity contribution in [3.8, 4) is 0 Å². The van der Waals surface area contributed by atoms with Gasteiger partial charge >= 0.3 is 0 Å². The maximum atomic E-state index is 13.5. The van der Waals surface area contributed by atoms with Crippen LogP contribution in [0.1, 0.15) is 32.6 Å². The maximum absolute atomic E-state index is 13.5. The molecule has 1 nitrogen and oxygen atoms in total. The third-order valence-electron chi connectivity index (χ3n) is 3.22. The lowest BCUT2D eigenvalue weighted by molar-refractivity contribution is 0.130. The van der Waals surface area contributed by atoms with Gasteiger partial charge in [-0.25, -0.2) is 4.39 Å². The summed E-state index contributed by atoms with van der Waals surface area (Å²) in [5.74, 6) is 0.341. The molecular weight excluding hydrogens is 141 g/mol. The normalized spacial score (nSPS) is 49.6. The van der Waals surface area contributed by atoms with Crippen LogP contribution in [0.3, 0.4) is 0 Å². The lowest BCUT2D eigenvalue weighted by Crippen LogP contribution is -2.46. The molecule has 2 bridgehead atoms. The standard InChI is InChI=1S/C9H16FN/c1-2-6-5-7-3-4-8(11-7)9(6)10/h6-9,11H,2-5H2,1H3/t6-,7-,8+,9?/m0/s1. The van der Waals surface area contributed by atoms with E-state index < -0.39 is 6.17 Å². The van der Waals surface area contributed by atoms with E-state index >= 15 is 0 Å². The van der Waals surface area contributed by atoms with Crippen molar-refractivity contribution in [2.45, 2.75) is 50.9 Å². The second-order valence-corrected chi connectivity index (χ2v) is 3.90. The molecule has 0 aromatic carbocycles. The number of fused-ring (bicyclic) bond motifs is 2. The minimum absolute atomic E-state index is 0.193. The molecule has 2 heteroatoms. The summed E-state index contributed by atoms with van der Waals surface area (Å²) < 4.78 is 13.5. The van der Waals surface area contributed by atoms with E-state index in [0.29, 0.717) is 12.0 Å². The Kier molecular flexibility index (Phi) is 1.88. The zero-order valence-corrected chi connectivity index (χ0v) is 7.02. The van der Waals surface area contributed by atoms with Crippen LogP contribution in [0.4, 0.5) is 4.39 Å². The summed E-state index contributed by atoms with van der Waals surface area (Å²) in [6.45, 7) is 2.10. The van der Waals surface area contributed by atoms with Crippen molar-refractivity contribution >= 4 is 0 Å². The molecule has 1 unspecified atom stereocenters. The van der Waals surface area contributed by atoms with Gasteiger partial charge in [-0.3, -0.25) is 0 Å². The number of hydrogen-bond acceptors (Lipinski definition) is 1. The van der Waals surface area contributed by atoms with E-state index in [1.54, 1.807) is 0 Å². The van der Waals surface area contributed by atoms with Gasteiger partial charge in [-0.15, -0.1) is 0 Å². The molecule has 0 amide bonds. The molecule has 1 N–H and O–H groups in total. The molecule has 2 rings (SSSR count). The predicted molar refractivity (Wildman–Crippen MR) is 43.2 cm³/mol. The summed E-state index contributed by atoms with van der Waals surface area (Å²) in [6.07, 6.45) is 3.76. The number of halogens is 1. The first kappa shape index (κ1) is 7.53. The van der Waals surface area contributed by atoms with E-state index in [1.165, 1.54) is 6.42 Å². The molecule has 4 atom stereocenters. The van der Waals surface area contributed by atoms with Gasteiger partial charge in [0.15, 0.2) is 0 Å². The molecule has 0 saturated carbocycles. The zero-order chi connectivity index (χ0) is 7.84. The van der Waals surface area contributed by atoms with Gasteiger partial charge in [0.05, 0.1) is 0 Å². The highest BCUT2D eigenvalue weighted by atomic mass is 19.1. The minimum Gasteiger partial charge on any atom is -0.308 e. The molecule has 64 valence electrons. The lowest BCUT2D eigenvalue weighted by Gasteiger charge is -2.31. The molecule has 2 fully saturated rings. The fourth-order valence-corrected chi connectivity index (χ4v) is 2.50. The first-order chi connectivity index (χ1) is 5.31. The van der Waals surface area contributed by atoms with Crippen LogP contribution in [0, 0.1) is 5.92 Å². The Morgan fingerprint density at radius 3 is 3.00 bits per heavy atom. The van der Waals surface area contributed by atoms with Crippen LogP contribution >= 0.6 is 0 Å². The number of rotatable bonds is 1. The maximum Gasteiger partial charge on any atom is 0.118 e. The van der Waals surface area contributed by atoms with Crippen molar-refractivity contribution in [3.05, 3.63) is 0 Å². The van der Waals surface area contributed by atoms with E-state index in [9.17, 15) is 4.39 Å². The van der Waals surface area contributed by atoms with Crippen LogP contribution in [0.25, 0.3) is 0 Å². The molecule has 0 aliphatic carbocycles. The van der Waals surface area contributed by atoms with Crippen molar-refractivity contribution in [2.75, 3.05) is 0 Å². The summed E-state index contributed by atoms with van der Waals surface area (Å²) >= 11 is 0. The number of alkyl halides is 1. The summed E-state index contributed by atoms with van der Waals surface area (Å²) in [6, 6.07) is 0.829. The van der Waals surface area contributed by atoms with Crippen molar-refractivity contribution < 1.29 is 4.39 Å². The zero-order valence-electron chi connectivity index (χ0n) is 7.02. The van der Waals surface area contributed by atoms with Crippen LogP contribution in [-0.2, 0) is 0 Å². The summed E-state index contributed by atoms with van der Waals surface area (Å²) in [5.41, 5.74) is 0. The average molecular weight is 157 g/mol. The van der Waals surface area contributed by atoms with Gasteiger partial charge in [-0.2, -0.15) is 0 Å². The Morgan fingerprint density at radius 1 is 1.45 bits per heavy atom. The largest absolute Gasteiger partial charge is 0.308 e. The van der Waals surface area contributed by atoms with Gasteiger partial charge in [0.25, 0.3) is 0 Å². The molecule has 2 aliphatic heterocycles. The van der Waals surface area contributed by atoms with Crippen LogP contribution in [0.5, 0.6) is 0 Å². The first-order valence-corrected chi connectivity index (χ1v) is 4.71. The van der Waals surface area contributed by atoms with Gasteiger partial charge in [-0.1, -0.05) is 13.3 Å². The minimum atomic E-state index is -0.571. The third kappa shape index (κ3) is 1.18. The molecular formula is C9H16FN. The van der Waals surface area contributed by atoms with Crippen LogP contribution in [0.2, 0.25) is 0 Å². The Bertz CT molecular complexity index is 148. The molecule has 11 heavy (non-hydrogen) atoms. The van der Waals surface area contributed by atoms with E-state index in [4.69, 9.17) is 0 Å². The van der Waals surface area contributed by atoms with Gasteiger partial charge in [0.2, 0.25) is 0 Å². The van der Waals surface area contributed by atoms with Crippen LogP contribution < -0.4 is 5.32 Å². The molecule has 0 radical (unpaired) electrons. The van der Waals surface area contributed by atoms with E-state index in [-0.39, 0.29) is 6.04 Å². The Hall–Kier alpha value is -0.110. The fraction of sp³-hybridized carbons (Fsp3) is 1.00. The Labute approximate surface area is 67.4 Å². The van der Waals surface area contributed by atoms with Crippen molar-refractivity contribution in [2.24, 2.45) is 5.92 Å². The molecule has 0 aromatic rings. The summed E-state index contributed by atoms with van der Waals surface area (Å²) in [4.78, 5) is 0.